The van der Waals surface area contributed by atoms with Gasteiger partial charge in [-0.1, -0.05) is 24.9 Å². The van der Waals surface area contributed by atoms with Gasteiger partial charge >= 0.3 is 0 Å². The van der Waals surface area contributed by atoms with Gasteiger partial charge in [0.25, 0.3) is 0 Å². The predicted molar refractivity (Wildman–Crippen MR) is 95.4 cm³/mol. The number of sulfonamides is 1. The van der Waals surface area contributed by atoms with Crippen LogP contribution in [0.1, 0.15) is 39.2 Å². The lowest BCUT2D eigenvalue weighted by atomic mass is 10.2. The molecule has 0 bridgehead atoms. The van der Waals surface area contributed by atoms with Crippen LogP contribution >= 0.6 is 11.6 Å². The molecule has 0 spiro atoms. The Kier molecular flexibility index (Phi) is 6.53. The third kappa shape index (κ3) is 4.42. The molecule has 1 heterocycles. The van der Waals surface area contributed by atoms with E-state index in [1.165, 1.54) is 10.4 Å². The van der Waals surface area contributed by atoms with Crippen molar-refractivity contribution in [2.75, 3.05) is 19.7 Å². The summed E-state index contributed by atoms with van der Waals surface area (Å²) in [5.41, 5.74) is 0.797. The Morgan fingerprint density at radius 3 is 2.50 bits per heavy atom. The van der Waals surface area contributed by atoms with Crippen LogP contribution in [0.5, 0.6) is 5.75 Å². The molecule has 1 aromatic rings. The fourth-order valence-electron chi connectivity index (χ4n) is 2.74. The van der Waals surface area contributed by atoms with E-state index in [1.807, 2.05) is 20.8 Å². The molecule has 1 aliphatic heterocycles. The minimum atomic E-state index is -3.69. The third-order valence-corrected chi connectivity index (χ3v) is 6.24. The second kappa shape index (κ2) is 8.04. The maximum absolute atomic E-state index is 13.1. The van der Waals surface area contributed by atoms with E-state index in [2.05, 4.69) is 6.92 Å². The van der Waals surface area contributed by atoms with Crippen molar-refractivity contribution in [3.05, 3.63) is 22.7 Å². The summed E-state index contributed by atoms with van der Waals surface area (Å²) in [6, 6.07) is 3.20. The summed E-state index contributed by atoms with van der Waals surface area (Å²) in [5, 5.41) is 0.422. The van der Waals surface area contributed by atoms with Gasteiger partial charge in [0.15, 0.2) is 0 Å². The zero-order valence-electron chi connectivity index (χ0n) is 14.7. The first-order chi connectivity index (χ1) is 11.3. The molecule has 2 atom stereocenters. The average molecular weight is 376 g/mol. The first-order valence-corrected chi connectivity index (χ1v) is 10.2. The van der Waals surface area contributed by atoms with Gasteiger partial charge in [-0.25, -0.2) is 8.42 Å². The van der Waals surface area contributed by atoms with E-state index >= 15 is 0 Å². The second-order valence-corrected chi connectivity index (χ2v) is 8.64. The third-order valence-electron chi connectivity index (χ3n) is 3.98. The summed E-state index contributed by atoms with van der Waals surface area (Å²) >= 11 is 6.19. The summed E-state index contributed by atoms with van der Waals surface area (Å²) in [4.78, 5) is 0.135. The van der Waals surface area contributed by atoms with E-state index in [9.17, 15) is 8.42 Å². The molecule has 0 aromatic heterocycles. The summed E-state index contributed by atoms with van der Waals surface area (Å²) in [5.74, 6) is 0.372. The first-order valence-electron chi connectivity index (χ1n) is 8.34. The molecule has 7 heteroatoms. The zero-order chi connectivity index (χ0) is 17.9. The molecule has 1 aliphatic rings. The SMILES string of the molecule is CCCCOc1cc(C)c(Cl)cc1S(=O)(=O)N1C[C@@H](C)O[C@H](C)C1. The predicted octanol–water partition coefficient (Wildman–Crippen LogP) is 3.63. The number of morpholine rings is 1. The normalized spacial score (nSPS) is 22.5. The molecule has 136 valence electrons. The van der Waals surface area contributed by atoms with Gasteiger partial charge in [0.05, 0.1) is 18.8 Å². The lowest BCUT2D eigenvalue weighted by molar-refractivity contribution is -0.0441. The van der Waals surface area contributed by atoms with Crippen LogP contribution in [0.2, 0.25) is 5.02 Å². The van der Waals surface area contributed by atoms with Crippen LogP contribution in [0.25, 0.3) is 0 Å². The topological polar surface area (TPSA) is 55.8 Å². The average Bonchev–Trinajstić information content (AvgIpc) is 2.49. The van der Waals surface area contributed by atoms with Crippen molar-refractivity contribution in [2.24, 2.45) is 0 Å². The molecule has 0 radical (unpaired) electrons. The fraction of sp³-hybridized carbons (Fsp3) is 0.647. The number of ether oxygens (including phenoxy) is 2. The Bertz CT molecular complexity index is 667. The van der Waals surface area contributed by atoms with Gasteiger partial charge in [-0.3, -0.25) is 0 Å². The number of unbranched alkanes of at least 4 members (excludes halogenated alkanes) is 1. The van der Waals surface area contributed by atoms with Gasteiger partial charge in [-0.2, -0.15) is 4.31 Å². The van der Waals surface area contributed by atoms with Crippen molar-refractivity contribution < 1.29 is 17.9 Å². The highest BCUT2D eigenvalue weighted by atomic mass is 35.5. The number of nitrogens with zero attached hydrogens (tertiary/aromatic N) is 1. The minimum absolute atomic E-state index is 0.135. The molecule has 0 aliphatic carbocycles. The molecule has 24 heavy (non-hydrogen) atoms. The van der Waals surface area contributed by atoms with Crippen molar-refractivity contribution in [3.8, 4) is 5.75 Å². The van der Waals surface area contributed by atoms with Crippen LogP contribution in [0.4, 0.5) is 0 Å². The first kappa shape index (κ1) is 19.5. The zero-order valence-corrected chi connectivity index (χ0v) is 16.3. The quantitative estimate of drug-likeness (QED) is 0.712. The molecular weight excluding hydrogens is 350 g/mol. The van der Waals surface area contributed by atoms with Crippen LogP contribution in [-0.2, 0) is 14.8 Å². The maximum atomic E-state index is 13.1. The van der Waals surface area contributed by atoms with Crippen LogP contribution in [0.15, 0.2) is 17.0 Å². The van der Waals surface area contributed by atoms with E-state index in [4.69, 9.17) is 21.1 Å². The molecule has 0 amide bonds. The highest BCUT2D eigenvalue weighted by molar-refractivity contribution is 7.89. The summed E-state index contributed by atoms with van der Waals surface area (Å²) < 4.78 is 39.1. The molecule has 0 unspecified atom stereocenters. The van der Waals surface area contributed by atoms with E-state index in [0.29, 0.717) is 30.5 Å². The molecule has 0 N–H and O–H groups in total. The Morgan fingerprint density at radius 2 is 1.92 bits per heavy atom. The van der Waals surface area contributed by atoms with Crippen molar-refractivity contribution in [3.63, 3.8) is 0 Å². The standard InChI is InChI=1S/C17H26ClNO4S/c1-5-6-7-22-16-8-12(2)15(18)9-17(16)24(20,21)19-10-13(3)23-14(4)11-19/h8-9,13-14H,5-7,10-11H2,1-4H3/t13-,14-/m1/s1. The Balaban J connectivity index is 2.38. The highest BCUT2D eigenvalue weighted by Gasteiger charge is 2.34. The Morgan fingerprint density at radius 1 is 1.29 bits per heavy atom. The van der Waals surface area contributed by atoms with E-state index in [0.717, 1.165) is 18.4 Å². The maximum Gasteiger partial charge on any atom is 0.246 e. The van der Waals surface area contributed by atoms with E-state index in [1.54, 1.807) is 6.07 Å². The molecule has 0 saturated carbocycles. The summed E-state index contributed by atoms with van der Waals surface area (Å²) in [7, 11) is -3.69. The number of halogens is 1. The lowest BCUT2D eigenvalue weighted by Crippen LogP contribution is -2.48. The minimum Gasteiger partial charge on any atom is -0.492 e. The number of hydrogen-bond acceptors (Lipinski definition) is 4. The monoisotopic (exact) mass is 375 g/mol. The van der Waals surface area contributed by atoms with Crippen molar-refractivity contribution in [1.82, 2.24) is 4.31 Å². The largest absolute Gasteiger partial charge is 0.492 e. The fourth-order valence-corrected chi connectivity index (χ4v) is 4.70. The van der Waals surface area contributed by atoms with E-state index in [-0.39, 0.29) is 17.1 Å². The van der Waals surface area contributed by atoms with Crippen LogP contribution in [0.3, 0.4) is 0 Å². The number of rotatable bonds is 6. The van der Waals surface area contributed by atoms with Crippen molar-refractivity contribution >= 4 is 21.6 Å². The van der Waals surface area contributed by atoms with Crippen molar-refractivity contribution in [2.45, 2.75) is 57.6 Å². The number of aryl methyl sites for hydroxylation is 1. The molecule has 1 saturated heterocycles. The highest BCUT2D eigenvalue weighted by Crippen LogP contribution is 2.33. The molecule has 2 rings (SSSR count). The van der Waals surface area contributed by atoms with Gasteiger partial charge in [-0.15, -0.1) is 0 Å². The summed E-state index contributed by atoms with van der Waals surface area (Å²) in [6.07, 6.45) is 1.56. The molecule has 1 aromatic carbocycles. The number of hydrogen-bond donors (Lipinski definition) is 0. The lowest BCUT2D eigenvalue weighted by Gasteiger charge is -2.34. The van der Waals surface area contributed by atoms with Gasteiger partial charge in [0, 0.05) is 18.1 Å². The Hall–Kier alpha value is -0.820. The second-order valence-electron chi connectivity index (χ2n) is 6.33. The van der Waals surface area contributed by atoms with Gasteiger partial charge in [0.2, 0.25) is 10.0 Å². The van der Waals surface area contributed by atoms with Crippen molar-refractivity contribution in [1.29, 1.82) is 0 Å². The Labute approximate surface area is 149 Å². The van der Waals surface area contributed by atoms with Gasteiger partial charge in [0.1, 0.15) is 10.6 Å². The molecule has 1 fully saturated rings. The molecule has 5 nitrogen and oxygen atoms in total. The van der Waals surface area contributed by atoms with Crippen LogP contribution < -0.4 is 4.74 Å². The van der Waals surface area contributed by atoms with Crippen LogP contribution in [0, 0.1) is 6.92 Å². The van der Waals surface area contributed by atoms with Crippen LogP contribution in [-0.4, -0.2) is 44.6 Å². The smallest absolute Gasteiger partial charge is 0.246 e. The van der Waals surface area contributed by atoms with Gasteiger partial charge in [-0.05, 0) is 44.9 Å². The van der Waals surface area contributed by atoms with Gasteiger partial charge < -0.3 is 9.47 Å². The summed E-state index contributed by atoms with van der Waals surface area (Å²) in [6.45, 7) is 8.78. The number of benzene rings is 1. The van der Waals surface area contributed by atoms with E-state index < -0.39 is 10.0 Å². The molecular formula is C17H26ClNO4S.